The molecule has 0 fully saturated rings. The van der Waals surface area contributed by atoms with Crippen LogP contribution in [0.5, 0.6) is 0 Å². The van der Waals surface area contributed by atoms with Crippen LogP contribution in [0.2, 0.25) is 0 Å². The Balaban J connectivity index is 2.06. The lowest BCUT2D eigenvalue weighted by atomic mass is 9.76. The van der Waals surface area contributed by atoms with Gasteiger partial charge < -0.3 is 10.6 Å². The highest BCUT2D eigenvalue weighted by molar-refractivity contribution is 5.64. The van der Waals surface area contributed by atoms with Crippen LogP contribution in [0.3, 0.4) is 0 Å². The quantitative estimate of drug-likeness (QED) is 0.859. The van der Waals surface area contributed by atoms with Crippen molar-refractivity contribution < 1.29 is 0 Å². The monoisotopic (exact) mass is 272 g/mol. The third kappa shape index (κ3) is 1.66. The van der Waals surface area contributed by atoms with Gasteiger partial charge in [-0.1, -0.05) is 54.6 Å². The van der Waals surface area contributed by atoms with Crippen molar-refractivity contribution in [1.29, 1.82) is 0 Å². The van der Waals surface area contributed by atoms with E-state index in [-0.39, 0.29) is 5.54 Å². The van der Waals surface area contributed by atoms with Gasteiger partial charge in [0.1, 0.15) is 5.54 Å². The fraction of sp³-hybridized carbons (Fsp3) is 0.0526. The zero-order valence-corrected chi connectivity index (χ0v) is 11.6. The van der Waals surface area contributed by atoms with Gasteiger partial charge in [0.15, 0.2) is 0 Å². The van der Waals surface area contributed by atoms with Crippen LogP contribution in [-0.2, 0) is 5.54 Å². The molecule has 0 saturated heterocycles. The van der Waals surface area contributed by atoms with E-state index in [1.807, 2.05) is 12.1 Å². The number of benzene rings is 2. The summed E-state index contributed by atoms with van der Waals surface area (Å²) < 4.78 is 0. The minimum atomic E-state index is -0.356. The molecule has 0 amide bonds. The molecule has 2 N–H and O–H groups in total. The molecular formula is C19H16N2. The van der Waals surface area contributed by atoms with Crippen LogP contribution in [0.1, 0.15) is 16.7 Å². The highest BCUT2D eigenvalue weighted by Crippen LogP contribution is 2.44. The first-order valence-electron chi connectivity index (χ1n) is 7.09. The van der Waals surface area contributed by atoms with E-state index in [9.17, 15) is 0 Å². The largest absolute Gasteiger partial charge is 0.399 e. The SMILES string of the molecule is NC1=CC2(c3ccccc3)c3ccccc3C=CN2C=C1. The molecule has 2 aromatic carbocycles. The van der Waals surface area contributed by atoms with Gasteiger partial charge in [-0.25, -0.2) is 0 Å². The van der Waals surface area contributed by atoms with Gasteiger partial charge in [-0.15, -0.1) is 0 Å². The van der Waals surface area contributed by atoms with Gasteiger partial charge in [0.05, 0.1) is 0 Å². The first-order chi connectivity index (χ1) is 10.3. The summed E-state index contributed by atoms with van der Waals surface area (Å²) in [5.74, 6) is 0. The fourth-order valence-electron chi connectivity index (χ4n) is 3.26. The van der Waals surface area contributed by atoms with Gasteiger partial charge in [0.2, 0.25) is 0 Å². The Morgan fingerprint density at radius 1 is 0.810 bits per heavy atom. The van der Waals surface area contributed by atoms with E-state index < -0.39 is 0 Å². The van der Waals surface area contributed by atoms with Crippen molar-refractivity contribution in [3.8, 4) is 0 Å². The van der Waals surface area contributed by atoms with Crippen molar-refractivity contribution in [2.45, 2.75) is 5.54 Å². The molecule has 2 nitrogen and oxygen atoms in total. The van der Waals surface area contributed by atoms with Gasteiger partial charge in [-0.05, 0) is 34.9 Å². The van der Waals surface area contributed by atoms with Gasteiger partial charge >= 0.3 is 0 Å². The Kier molecular flexibility index (Phi) is 2.51. The molecule has 21 heavy (non-hydrogen) atoms. The van der Waals surface area contributed by atoms with E-state index in [0.29, 0.717) is 0 Å². The normalized spacial score (nSPS) is 22.5. The zero-order chi connectivity index (χ0) is 14.3. The van der Waals surface area contributed by atoms with E-state index in [4.69, 9.17) is 5.73 Å². The molecule has 0 aliphatic carbocycles. The maximum Gasteiger partial charge on any atom is 0.116 e. The van der Waals surface area contributed by atoms with E-state index in [1.54, 1.807) is 0 Å². The van der Waals surface area contributed by atoms with E-state index >= 15 is 0 Å². The molecular weight excluding hydrogens is 256 g/mol. The van der Waals surface area contributed by atoms with Crippen LogP contribution in [0.4, 0.5) is 0 Å². The summed E-state index contributed by atoms with van der Waals surface area (Å²) in [6, 6.07) is 19.0. The van der Waals surface area contributed by atoms with Crippen LogP contribution in [-0.4, -0.2) is 4.90 Å². The topological polar surface area (TPSA) is 29.3 Å². The average Bonchev–Trinajstić information content (AvgIpc) is 2.55. The lowest BCUT2D eigenvalue weighted by Crippen LogP contribution is -2.43. The second kappa shape index (κ2) is 4.38. The number of nitrogens with zero attached hydrogens (tertiary/aromatic N) is 1. The van der Waals surface area contributed by atoms with Crippen molar-refractivity contribution in [3.05, 3.63) is 102 Å². The maximum absolute atomic E-state index is 6.14. The van der Waals surface area contributed by atoms with Crippen LogP contribution >= 0.6 is 0 Å². The highest BCUT2D eigenvalue weighted by atomic mass is 15.2. The number of nitrogens with two attached hydrogens (primary N) is 1. The number of hydrogen-bond donors (Lipinski definition) is 1. The Morgan fingerprint density at radius 2 is 1.52 bits per heavy atom. The van der Waals surface area contributed by atoms with Crippen molar-refractivity contribution in [2.75, 3.05) is 0 Å². The molecule has 2 aliphatic heterocycles. The molecule has 2 heteroatoms. The van der Waals surface area contributed by atoms with E-state index in [0.717, 1.165) is 5.70 Å². The number of rotatable bonds is 1. The molecule has 2 heterocycles. The standard InChI is InChI=1S/C19H16N2/c20-17-11-13-21-12-10-15-6-4-5-9-18(15)19(21,14-17)16-7-2-1-3-8-16/h1-14H,20H2. The van der Waals surface area contributed by atoms with Crippen LogP contribution in [0, 0.1) is 0 Å². The molecule has 0 radical (unpaired) electrons. The number of hydrogen-bond acceptors (Lipinski definition) is 2. The van der Waals surface area contributed by atoms with Crippen LogP contribution in [0.15, 0.2) is 84.8 Å². The first kappa shape index (κ1) is 12.0. The predicted octanol–water partition coefficient (Wildman–Crippen LogP) is 3.59. The third-order valence-electron chi connectivity index (χ3n) is 4.21. The van der Waals surface area contributed by atoms with Gasteiger partial charge in [0, 0.05) is 18.1 Å². The molecule has 0 bridgehead atoms. The van der Waals surface area contributed by atoms with Crippen molar-refractivity contribution >= 4 is 6.08 Å². The van der Waals surface area contributed by atoms with Gasteiger partial charge in [-0.2, -0.15) is 0 Å². The molecule has 0 spiro atoms. The molecule has 0 saturated carbocycles. The van der Waals surface area contributed by atoms with Crippen molar-refractivity contribution in [1.82, 2.24) is 4.90 Å². The van der Waals surface area contributed by atoms with E-state index in [1.165, 1.54) is 16.7 Å². The molecule has 1 unspecified atom stereocenters. The lowest BCUT2D eigenvalue weighted by molar-refractivity contribution is 0.317. The second-order valence-corrected chi connectivity index (χ2v) is 5.40. The minimum Gasteiger partial charge on any atom is -0.399 e. The molecule has 4 rings (SSSR count). The Bertz CT molecular complexity index is 771. The highest BCUT2D eigenvalue weighted by Gasteiger charge is 2.40. The molecule has 2 aliphatic rings. The van der Waals surface area contributed by atoms with Crippen molar-refractivity contribution in [3.63, 3.8) is 0 Å². The fourth-order valence-corrected chi connectivity index (χ4v) is 3.26. The van der Waals surface area contributed by atoms with E-state index in [2.05, 4.69) is 78.0 Å². The summed E-state index contributed by atoms with van der Waals surface area (Å²) in [5, 5.41) is 0. The summed E-state index contributed by atoms with van der Waals surface area (Å²) >= 11 is 0. The zero-order valence-electron chi connectivity index (χ0n) is 11.6. The van der Waals surface area contributed by atoms with Crippen LogP contribution < -0.4 is 5.73 Å². The summed E-state index contributed by atoms with van der Waals surface area (Å²) in [6.45, 7) is 0. The molecule has 102 valence electrons. The predicted molar refractivity (Wildman–Crippen MR) is 85.9 cm³/mol. The lowest BCUT2D eigenvalue weighted by Gasteiger charge is -2.45. The molecule has 2 aromatic rings. The Labute approximate surface area is 124 Å². The third-order valence-corrected chi connectivity index (χ3v) is 4.21. The van der Waals surface area contributed by atoms with Crippen LogP contribution in [0.25, 0.3) is 6.08 Å². The smallest absolute Gasteiger partial charge is 0.116 e. The summed E-state index contributed by atoms with van der Waals surface area (Å²) in [7, 11) is 0. The molecule has 1 atom stereocenters. The van der Waals surface area contributed by atoms with Gasteiger partial charge in [-0.3, -0.25) is 0 Å². The number of allylic oxidation sites excluding steroid dienone is 1. The Morgan fingerprint density at radius 3 is 2.38 bits per heavy atom. The average molecular weight is 272 g/mol. The van der Waals surface area contributed by atoms with Gasteiger partial charge in [0.25, 0.3) is 0 Å². The summed E-state index contributed by atoms with van der Waals surface area (Å²) in [4.78, 5) is 2.22. The summed E-state index contributed by atoms with van der Waals surface area (Å²) in [6.07, 6.45) is 10.4. The minimum absolute atomic E-state index is 0.356. The first-order valence-corrected chi connectivity index (χ1v) is 7.09. The summed E-state index contributed by atoms with van der Waals surface area (Å²) in [5.41, 5.74) is 10.3. The Hall–Kier alpha value is -2.74. The second-order valence-electron chi connectivity index (χ2n) is 5.40. The molecule has 0 aromatic heterocycles. The number of fused-ring (bicyclic) bond motifs is 3. The van der Waals surface area contributed by atoms with Crippen molar-refractivity contribution in [2.24, 2.45) is 5.73 Å². The maximum atomic E-state index is 6.14.